The number of aliphatic hydroxyl groups is 1. The van der Waals surface area contributed by atoms with Crippen molar-refractivity contribution in [1.29, 1.82) is 0 Å². The van der Waals surface area contributed by atoms with E-state index in [-0.39, 0.29) is 19.1 Å². The third-order valence-electron chi connectivity index (χ3n) is 13.2. The third kappa shape index (κ3) is 50.8. The minimum Gasteiger partial charge on any atom is -0.387 e. The summed E-state index contributed by atoms with van der Waals surface area (Å²) in [5.41, 5.74) is 0. The van der Waals surface area contributed by atoms with Crippen LogP contribution in [0.4, 0.5) is 0 Å². The Bertz CT molecular complexity index is 1130. The van der Waals surface area contributed by atoms with Crippen molar-refractivity contribution in [1.82, 2.24) is 5.32 Å². The van der Waals surface area contributed by atoms with E-state index < -0.39 is 20.0 Å². The second kappa shape index (κ2) is 49.0. The lowest BCUT2D eigenvalue weighted by molar-refractivity contribution is -0.870. The lowest BCUT2D eigenvalue weighted by atomic mass is 10.0. The van der Waals surface area contributed by atoms with E-state index in [2.05, 4.69) is 31.3 Å². The second-order valence-corrected chi connectivity index (χ2v) is 22.5. The summed E-state index contributed by atoms with van der Waals surface area (Å²) >= 11 is 0. The molecule has 0 bridgehead atoms. The number of rotatable bonds is 53. The first kappa shape index (κ1) is 65.0. The van der Waals surface area contributed by atoms with E-state index in [1.165, 1.54) is 225 Å². The van der Waals surface area contributed by atoms with Crippen LogP contribution in [0.2, 0.25) is 0 Å². The smallest absolute Gasteiger partial charge is 0.387 e. The summed E-state index contributed by atoms with van der Waals surface area (Å²) in [5.74, 6) is -0.182. The average Bonchev–Trinajstić information content (AvgIpc) is 3.28. The summed E-state index contributed by atoms with van der Waals surface area (Å²) in [6.07, 6.45) is 61.5. The zero-order valence-electron chi connectivity index (χ0n) is 44.7. The van der Waals surface area contributed by atoms with Crippen LogP contribution in [0.15, 0.2) is 24.3 Å². The molecule has 3 atom stereocenters. The van der Waals surface area contributed by atoms with E-state index in [1.807, 2.05) is 27.2 Å². The first-order valence-corrected chi connectivity index (χ1v) is 30.2. The van der Waals surface area contributed by atoms with Gasteiger partial charge in [-0.3, -0.25) is 13.8 Å². The maximum Gasteiger partial charge on any atom is 0.472 e. The third-order valence-corrected chi connectivity index (χ3v) is 14.2. The molecule has 392 valence electrons. The molecule has 8 nitrogen and oxygen atoms in total. The van der Waals surface area contributed by atoms with Crippen LogP contribution in [-0.2, 0) is 18.4 Å². The summed E-state index contributed by atoms with van der Waals surface area (Å²) in [5, 5.41) is 13.9. The van der Waals surface area contributed by atoms with Gasteiger partial charge in [-0.05, 0) is 32.1 Å². The van der Waals surface area contributed by atoms with Gasteiger partial charge in [0.15, 0.2) is 0 Å². The van der Waals surface area contributed by atoms with Crippen molar-refractivity contribution < 1.29 is 32.9 Å². The van der Waals surface area contributed by atoms with Crippen LogP contribution in [0.1, 0.15) is 284 Å². The zero-order chi connectivity index (χ0) is 48.5. The highest BCUT2D eigenvalue weighted by atomic mass is 31.2. The molecule has 1 amide bonds. The molecule has 9 heteroatoms. The number of nitrogens with zero attached hydrogens (tertiary/aromatic N) is 1. The number of carbonyl (C=O) groups excluding carboxylic acids is 1. The zero-order valence-corrected chi connectivity index (χ0v) is 45.6. The minimum absolute atomic E-state index is 0.0585. The number of nitrogens with one attached hydrogen (secondary N) is 1. The monoisotopic (exact) mass is 954 g/mol. The van der Waals surface area contributed by atoms with Gasteiger partial charge in [-0.25, -0.2) is 4.57 Å². The number of unbranched alkanes of at least 4 members (excludes halogenated alkanes) is 38. The van der Waals surface area contributed by atoms with Crippen molar-refractivity contribution >= 4 is 13.7 Å². The standard InChI is InChI=1S/C57H113N2O6P/c1-6-8-10-12-14-16-18-20-22-23-24-25-26-27-28-29-30-31-32-33-34-35-36-37-39-41-43-45-47-49-51-57(61)58-55(54-65-66(62,63)64-53-52-59(3,4)5)56(60)50-48-46-44-42-40-38-21-19-17-15-13-11-9-7-2/h40,42,48,50,55-56,60H,6-39,41,43-47,49,51-54H2,1-5H3,(H-,58,61,62,63)/p+1/b42-40+,50-48+. The molecule has 0 spiro atoms. The van der Waals surface area contributed by atoms with Gasteiger partial charge in [-0.2, -0.15) is 0 Å². The lowest BCUT2D eigenvalue weighted by Crippen LogP contribution is -2.45. The van der Waals surface area contributed by atoms with E-state index in [0.29, 0.717) is 17.4 Å². The van der Waals surface area contributed by atoms with Gasteiger partial charge in [0.2, 0.25) is 5.91 Å². The van der Waals surface area contributed by atoms with Crippen molar-refractivity contribution in [2.45, 2.75) is 296 Å². The lowest BCUT2D eigenvalue weighted by Gasteiger charge is -2.25. The fraction of sp³-hybridized carbons (Fsp3) is 0.912. The average molecular weight is 955 g/mol. The Morgan fingerprint density at radius 1 is 0.500 bits per heavy atom. The predicted molar refractivity (Wildman–Crippen MR) is 286 cm³/mol. The van der Waals surface area contributed by atoms with E-state index in [0.717, 1.165) is 38.5 Å². The van der Waals surface area contributed by atoms with Crippen LogP contribution in [-0.4, -0.2) is 73.4 Å². The molecule has 3 unspecified atom stereocenters. The Morgan fingerprint density at radius 3 is 1.21 bits per heavy atom. The molecule has 0 radical (unpaired) electrons. The van der Waals surface area contributed by atoms with Gasteiger partial charge in [0.1, 0.15) is 13.2 Å². The fourth-order valence-electron chi connectivity index (χ4n) is 8.65. The molecule has 0 heterocycles. The number of amides is 1. The number of hydrogen-bond acceptors (Lipinski definition) is 5. The molecule has 3 N–H and O–H groups in total. The van der Waals surface area contributed by atoms with Gasteiger partial charge in [0.25, 0.3) is 0 Å². The molecular formula is C57H114N2O6P+. The quantitative estimate of drug-likeness (QED) is 0.0243. The molecule has 0 saturated heterocycles. The van der Waals surface area contributed by atoms with Crippen LogP contribution >= 0.6 is 7.82 Å². The van der Waals surface area contributed by atoms with Crippen LogP contribution in [0, 0.1) is 0 Å². The fourth-order valence-corrected chi connectivity index (χ4v) is 9.38. The second-order valence-electron chi connectivity index (χ2n) is 21.0. The number of likely N-dealkylation sites (N-methyl/N-ethyl adjacent to an activating group) is 1. The first-order chi connectivity index (χ1) is 32.0. The summed E-state index contributed by atoms with van der Waals surface area (Å²) < 4.78 is 23.6. The SMILES string of the molecule is CCCCCCCCCC/C=C/CC/C=C/C(O)C(COP(=O)(O)OCC[N+](C)(C)C)NC(=O)CCCCCCCCCCCCCCCCCCCCCCCCCCCCCCCC. The highest BCUT2D eigenvalue weighted by molar-refractivity contribution is 7.47. The Labute approximate surface area is 411 Å². The first-order valence-electron chi connectivity index (χ1n) is 28.7. The number of aliphatic hydroxyl groups excluding tert-OH is 1. The molecule has 66 heavy (non-hydrogen) atoms. The van der Waals surface area contributed by atoms with Crippen molar-refractivity contribution in [3.63, 3.8) is 0 Å². The van der Waals surface area contributed by atoms with E-state index in [4.69, 9.17) is 9.05 Å². The number of hydrogen-bond donors (Lipinski definition) is 3. The van der Waals surface area contributed by atoms with Crippen molar-refractivity contribution in [2.24, 2.45) is 0 Å². The van der Waals surface area contributed by atoms with Crippen LogP contribution in [0.25, 0.3) is 0 Å². The van der Waals surface area contributed by atoms with Crippen LogP contribution in [0.3, 0.4) is 0 Å². The largest absolute Gasteiger partial charge is 0.472 e. The molecule has 0 aromatic rings. The van der Waals surface area contributed by atoms with Crippen LogP contribution < -0.4 is 5.32 Å². The Morgan fingerprint density at radius 2 is 0.833 bits per heavy atom. The maximum atomic E-state index is 12.9. The number of carbonyl (C=O) groups is 1. The minimum atomic E-state index is -4.35. The van der Waals surface area contributed by atoms with E-state index >= 15 is 0 Å². The van der Waals surface area contributed by atoms with Gasteiger partial charge < -0.3 is 19.8 Å². The van der Waals surface area contributed by atoms with Crippen molar-refractivity contribution in [2.75, 3.05) is 40.9 Å². The highest BCUT2D eigenvalue weighted by Gasteiger charge is 2.27. The highest BCUT2D eigenvalue weighted by Crippen LogP contribution is 2.43. The molecule has 0 aliphatic carbocycles. The summed E-state index contributed by atoms with van der Waals surface area (Å²) in [6.45, 7) is 4.82. The molecule has 0 rings (SSSR count). The Kier molecular flexibility index (Phi) is 48.2. The van der Waals surface area contributed by atoms with Gasteiger partial charge in [0, 0.05) is 6.42 Å². The number of allylic oxidation sites excluding steroid dienone is 3. The molecule has 0 aromatic heterocycles. The van der Waals surface area contributed by atoms with Gasteiger partial charge in [-0.15, -0.1) is 0 Å². The molecule has 0 aromatic carbocycles. The topological polar surface area (TPSA) is 105 Å². The summed E-state index contributed by atoms with van der Waals surface area (Å²) in [6, 6.07) is -0.859. The predicted octanol–water partition coefficient (Wildman–Crippen LogP) is 17.2. The van der Waals surface area contributed by atoms with Crippen molar-refractivity contribution in [3.8, 4) is 0 Å². The molecule has 0 saturated carbocycles. The van der Waals surface area contributed by atoms with E-state index in [1.54, 1.807) is 6.08 Å². The number of phosphoric acid groups is 1. The molecular weight excluding hydrogens is 840 g/mol. The van der Waals surface area contributed by atoms with Crippen LogP contribution in [0.5, 0.6) is 0 Å². The van der Waals surface area contributed by atoms with E-state index in [9.17, 15) is 19.4 Å². The molecule has 0 aliphatic rings. The normalized spacial score (nSPS) is 14.1. The van der Waals surface area contributed by atoms with Crippen molar-refractivity contribution in [3.05, 3.63) is 24.3 Å². The van der Waals surface area contributed by atoms with Gasteiger partial charge in [0.05, 0.1) is 39.9 Å². The summed E-state index contributed by atoms with van der Waals surface area (Å²) in [4.78, 5) is 23.2. The molecule has 0 fully saturated rings. The Hall–Kier alpha value is -1.02. The maximum absolute atomic E-state index is 12.9. The van der Waals surface area contributed by atoms with Gasteiger partial charge >= 0.3 is 7.82 Å². The molecule has 0 aliphatic heterocycles. The Balaban J connectivity index is 4.05. The number of quaternary nitrogens is 1. The van der Waals surface area contributed by atoms with Gasteiger partial charge in [-0.1, -0.05) is 269 Å². The number of phosphoric ester groups is 1. The summed E-state index contributed by atoms with van der Waals surface area (Å²) in [7, 11) is 1.57.